The maximum absolute atomic E-state index is 5.49. The molecular formula is C17H18N2O. The van der Waals surface area contributed by atoms with Crippen LogP contribution >= 0.6 is 0 Å². The second kappa shape index (κ2) is 4.51. The van der Waals surface area contributed by atoms with Crippen molar-refractivity contribution < 1.29 is 4.74 Å². The number of hydrogen-bond donors (Lipinski definition) is 1. The first-order valence-corrected chi connectivity index (χ1v) is 7.23. The van der Waals surface area contributed by atoms with E-state index in [1.165, 1.54) is 22.4 Å². The third-order valence-electron chi connectivity index (χ3n) is 4.61. The maximum atomic E-state index is 5.49. The number of hydrazone groups is 1. The normalized spacial score (nSPS) is 26.4. The van der Waals surface area contributed by atoms with Crippen LogP contribution in [0.15, 0.2) is 47.1 Å². The van der Waals surface area contributed by atoms with E-state index in [2.05, 4.69) is 40.9 Å². The van der Waals surface area contributed by atoms with Crippen LogP contribution in [0.2, 0.25) is 0 Å². The van der Waals surface area contributed by atoms with Crippen LogP contribution in [-0.4, -0.2) is 18.9 Å². The predicted molar refractivity (Wildman–Crippen MR) is 80.1 cm³/mol. The van der Waals surface area contributed by atoms with Gasteiger partial charge in [-0.3, -0.25) is 0 Å². The summed E-state index contributed by atoms with van der Waals surface area (Å²) >= 11 is 0. The monoisotopic (exact) mass is 266 g/mol. The number of fused-ring (bicyclic) bond motifs is 3. The molecule has 3 nitrogen and oxygen atoms in total. The zero-order chi connectivity index (χ0) is 13.5. The minimum Gasteiger partial charge on any atom is -0.496 e. The van der Waals surface area contributed by atoms with Gasteiger partial charge < -0.3 is 10.2 Å². The summed E-state index contributed by atoms with van der Waals surface area (Å²) in [5, 5.41) is 4.64. The van der Waals surface area contributed by atoms with Crippen LogP contribution in [0.25, 0.3) is 0 Å². The van der Waals surface area contributed by atoms with Crippen molar-refractivity contribution in [3.8, 4) is 5.75 Å². The van der Waals surface area contributed by atoms with Crippen LogP contribution in [0.3, 0.4) is 0 Å². The molecular weight excluding hydrogens is 248 g/mol. The molecule has 0 saturated carbocycles. The van der Waals surface area contributed by atoms with E-state index in [9.17, 15) is 0 Å². The molecule has 102 valence electrons. The topological polar surface area (TPSA) is 33.6 Å². The molecule has 0 amide bonds. The molecule has 0 radical (unpaired) electrons. The molecule has 20 heavy (non-hydrogen) atoms. The average Bonchev–Trinajstić information content (AvgIpc) is 3.14. The molecule has 3 heteroatoms. The van der Waals surface area contributed by atoms with Crippen molar-refractivity contribution in [3.63, 3.8) is 0 Å². The Bertz CT molecular complexity index is 642. The van der Waals surface area contributed by atoms with Gasteiger partial charge in [0.15, 0.2) is 0 Å². The van der Waals surface area contributed by atoms with Crippen LogP contribution in [-0.2, 0) is 6.42 Å². The predicted octanol–water partition coefficient (Wildman–Crippen LogP) is 2.82. The molecule has 1 aliphatic heterocycles. The molecule has 1 aromatic carbocycles. The van der Waals surface area contributed by atoms with E-state index in [0.717, 1.165) is 25.0 Å². The SMILES string of the molecule is COc1cccc2c1CCC1C2=NNC1C1=CC=CC1. The van der Waals surface area contributed by atoms with Crippen molar-refractivity contribution in [1.82, 2.24) is 5.43 Å². The molecule has 2 aliphatic carbocycles. The molecule has 0 bridgehead atoms. The van der Waals surface area contributed by atoms with E-state index in [1.807, 2.05) is 6.07 Å². The molecule has 0 spiro atoms. The van der Waals surface area contributed by atoms with Crippen LogP contribution in [0.5, 0.6) is 5.75 Å². The summed E-state index contributed by atoms with van der Waals surface area (Å²) in [6, 6.07) is 6.66. The molecule has 4 rings (SSSR count). The third-order valence-corrected chi connectivity index (χ3v) is 4.61. The largest absolute Gasteiger partial charge is 0.496 e. The molecule has 0 saturated heterocycles. The van der Waals surface area contributed by atoms with Crippen molar-refractivity contribution in [2.45, 2.75) is 25.3 Å². The Morgan fingerprint density at radius 1 is 1.35 bits per heavy atom. The third kappa shape index (κ3) is 1.62. The van der Waals surface area contributed by atoms with E-state index in [1.54, 1.807) is 7.11 Å². The van der Waals surface area contributed by atoms with Gasteiger partial charge in [0.1, 0.15) is 5.75 Å². The second-order valence-corrected chi connectivity index (χ2v) is 5.61. The Morgan fingerprint density at radius 2 is 2.30 bits per heavy atom. The molecule has 1 aromatic rings. The molecule has 0 fully saturated rings. The number of allylic oxidation sites excluding steroid dienone is 3. The smallest absolute Gasteiger partial charge is 0.122 e. The first-order chi connectivity index (χ1) is 9.88. The van der Waals surface area contributed by atoms with Gasteiger partial charge in [0.2, 0.25) is 0 Å². The summed E-state index contributed by atoms with van der Waals surface area (Å²) < 4.78 is 5.49. The minimum absolute atomic E-state index is 0.374. The summed E-state index contributed by atoms with van der Waals surface area (Å²) in [4.78, 5) is 0. The Labute approximate surface area is 119 Å². The van der Waals surface area contributed by atoms with Crippen molar-refractivity contribution in [1.29, 1.82) is 0 Å². The van der Waals surface area contributed by atoms with Crippen molar-refractivity contribution in [2.75, 3.05) is 7.11 Å². The minimum atomic E-state index is 0.374. The summed E-state index contributed by atoms with van der Waals surface area (Å²) in [5.41, 5.74) is 8.60. The highest BCUT2D eigenvalue weighted by Crippen LogP contribution is 2.38. The van der Waals surface area contributed by atoms with Crippen LogP contribution in [0, 0.1) is 5.92 Å². The van der Waals surface area contributed by atoms with E-state index in [-0.39, 0.29) is 0 Å². The van der Waals surface area contributed by atoms with Crippen molar-refractivity contribution >= 4 is 5.71 Å². The fraction of sp³-hybridized carbons (Fsp3) is 0.353. The Morgan fingerprint density at radius 3 is 3.10 bits per heavy atom. The van der Waals surface area contributed by atoms with Gasteiger partial charge >= 0.3 is 0 Å². The molecule has 2 unspecified atom stereocenters. The Hall–Kier alpha value is -2.03. The highest BCUT2D eigenvalue weighted by Gasteiger charge is 2.38. The first-order valence-electron chi connectivity index (χ1n) is 7.23. The van der Waals surface area contributed by atoms with Gasteiger partial charge in [-0.15, -0.1) is 0 Å². The number of methoxy groups -OCH3 is 1. The molecule has 2 atom stereocenters. The lowest BCUT2D eigenvalue weighted by Gasteiger charge is -2.27. The lowest BCUT2D eigenvalue weighted by atomic mass is 9.77. The Kier molecular flexibility index (Phi) is 2.66. The standard InChI is InChI=1S/C17H18N2O/c1-20-15-8-4-7-13-12(15)9-10-14-16(18-19-17(13)14)11-5-2-3-6-11/h2-5,7-8,14,16,18H,6,9-10H2,1H3. The zero-order valence-electron chi connectivity index (χ0n) is 11.6. The van der Waals surface area contributed by atoms with Gasteiger partial charge in [0, 0.05) is 17.0 Å². The quantitative estimate of drug-likeness (QED) is 0.893. The highest BCUT2D eigenvalue weighted by molar-refractivity contribution is 6.06. The average molecular weight is 266 g/mol. The first kappa shape index (κ1) is 11.8. The van der Waals surface area contributed by atoms with Gasteiger partial charge in [-0.2, -0.15) is 5.10 Å². The molecule has 1 N–H and O–H groups in total. The van der Waals surface area contributed by atoms with Gasteiger partial charge in [-0.05, 0) is 30.9 Å². The number of nitrogens with zero attached hydrogens (tertiary/aromatic N) is 1. The van der Waals surface area contributed by atoms with E-state index in [4.69, 9.17) is 4.74 Å². The van der Waals surface area contributed by atoms with Gasteiger partial charge in [0.25, 0.3) is 0 Å². The summed E-state index contributed by atoms with van der Waals surface area (Å²) in [6.07, 6.45) is 9.87. The fourth-order valence-corrected chi connectivity index (χ4v) is 3.62. The number of rotatable bonds is 2. The second-order valence-electron chi connectivity index (χ2n) is 5.61. The van der Waals surface area contributed by atoms with E-state index >= 15 is 0 Å². The van der Waals surface area contributed by atoms with Gasteiger partial charge in [-0.1, -0.05) is 30.4 Å². The van der Waals surface area contributed by atoms with Crippen LogP contribution in [0.4, 0.5) is 0 Å². The summed E-state index contributed by atoms with van der Waals surface area (Å²) in [7, 11) is 1.74. The van der Waals surface area contributed by atoms with E-state index in [0.29, 0.717) is 12.0 Å². The zero-order valence-corrected chi connectivity index (χ0v) is 11.6. The summed E-state index contributed by atoms with van der Waals surface area (Å²) in [5.74, 6) is 1.50. The number of hydrogen-bond acceptors (Lipinski definition) is 3. The van der Waals surface area contributed by atoms with Gasteiger partial charge in [0.05, 0.1) is 18.9 Å². The van der Waals surface area contributed by atoms with Crippen molar-refractivity contribution in [2.24, 2.45) is 11.0 Å². The van der Waals surface area contributed by atoms with Gasteiger partial charge in [-0.25, -0.2) is 0 Å². The lowest BCUT2D eigenvalue weighted by Crippen LogP contribution is -2.34. The van der Waals surface area contributed by atoms with Crippen molar-refractivity contribution in [3.05, 3.63) is 53.1 Å². The Balaban J connectivity index is 1.70. The van der Waals surface area contributed by atoms with Crippen LogP contribution in [0.1, 0.15) is 24.0 Å². The number of nitrogens with one attached hydrogen (secondary N) is 1. The lowest BCUT2D eigenvalue weighted by molar-refractivity contribution is 0.405. The molecule has 0 aromatic heterocycles. The molecule has 1 heterocycles. The maximum Gasteiger partial charge on any atom is 0.122 e. The highest BCUT2D eigenvalue weighted by atomic mass is 16.5. The van der Waals surface area contributed by atoms with Crippen LogP contribution < -0.4 is 10.2 Å². The number of benzene rings is 1. The summed E-state index contributed by atoms with van der Waals surface area (Å²) in [6.45, 7) is 0. The molecule has 3 aliphatic rings. The fourth-order valence-electron chi connectivity index (χ4n) is 3.62. The number of ether oxygens (including phenoxy) is 1. The van der Waals surface area contributed by atoms with E-state index < -0.39 is 0 Å².